The van der Waals surface area contributed by atoms with Gasteiger partial charge in [0.15, 0.2) is 0 Å². The van der Waals surface area contributed by atoms with E-state index >= 15 is 0 Å². The lowest BCUT2D eigenvalue weighted by molar-refractivity contribution is 0.0636. The number of carbonyl (C=O) groups excluding carboxylic acids is 1. The van der Waals surface area contributed by atoms with Crippen molar-refractivity contribution < 1.29 is 14.6 Å². The van der Waals surface area contributed by atoms with Gasteiger partial charge in [-0.1, -0.05) is 12.1 Å². The molecule has 1 fully saturated rings. The summed E-state index contributed by atoms with van der Waals surface area (Å²) in [6.45, 7) is 7.90. The molecule has 116 valence electrons. The highest BCUT2D eigenvalue weighted by Crippen LogP contribution is 2.17. The molecule has 1 saturated heterocycles. The van der Waals surface area contributed by atoms with Gasteiger partial charge in [-0.15, -0.1) is 0 Å². The third-order valence-corrected chi connectivity index (χ3v) is 3.23. The van der Waals surface area contributed by atoms with Crippen LogP contribution >= 0.6 is 0 Å². The summed E-state index contributed by atoms with van der Waals surface area (Å²) in [5, 5.41) is 12.3. The molecule has 1 aromatic carbocycles. The average Bonchev–Trinajstić information content (AvgIpc) is 2.72. The summed E-state index contributed by atoms with van der Waals surface area (Å²) >= 11 is 0. The molecule has 0 unspecified atom stereocenters. The third kappa shape index (κ3) is 5.36. The van der Waals surface area contributed by atoms with Crippen molar-refractivity contribution in [3.8, 4) is 0 Å². The van der Waals surface area contributed by atoms with Crippen molar-refractivity contribution in [1.82, 2.24) is 4.90 Å². The molecule has 1 atom stereocenters. The zero-order valence-corrected chi connectivity index (χ0v) is 12.9. The standard InChI is InChI=1S/C16H24N2O3/c1-16(2,3)21-15(20)17-13-6-4-5-12(9-13)10-18-8-7-14(19)11-18/h4-6,9,14,19H,7-8,10-11H2,1-3H3,(H,17,20)/t14-/m1/s1. The number of nitrogens with one attached hydrogen (secondary N) is 1. The van der Waals surface area contributed by atoms with E-state index < -0.39 is 11.7 Å². The summed E-state index contributed by atoms with van der Waals surface area (Å²) in [5.74, 6) is 0. The van der Waals surface area contributed by atoms with Crippen LogP contribution in [0.2, 0.25) is 0 Å². The summed E-state index contributed by atoms with van der Waals surface area (Å²) in [6, 6.07) is 7.71. The first-order chi connectivity index (χ1) is 9.82. The zero-order valence-electron chi connectivity index (χ0n) is 12.9. The zero-order chi connectivity index (χ0) is 15.5. The molecule has 1 aromatic rings. The van der Waals surface area contributed by atoms with Crippen LogP contribution in [0.25, 0.3) is 0 Å². The normalized spacial score (nSPS) is 19.5. The molecule has 1 aliphatic heterocycles. The van der Waals surface area contributed by atoms with Crippen LogP contribution < -0.4 is 5.32 Å². The number of ether oxygens (including phenoxy) is 1. The fraction of sp³-hybridized carbons (Fsp3) is 0.562. The first-order valence-electron chi connectivity index (χ1n) is 7.31. The number of carbonyl (C=O) groups is 1. The van der Waals surface area contributed by atoms with Crippen LogP contribution in [-0.2, 0) is 11.3 Å². The van der Waals surface area contributed by atoms with E-state index in [1.165, 1.54) is 0 Å². The number of nitrogens with zero attached hydrogens (tertiary/aromatic N) is 1. The fourth-order valence-corrected chi connectivity index (χ4v) is 2.38. The van der Waals surface area contributed by atoms with Crippen LogP contribution in [0.1, 0.15) is 32.8 Å². The second-order valence-corrected chi connectivity index (χ2v) is 6.50. The molecule has 1 amide bonds. The minimum atomic E-state index is -0.507. The molecule has 5 nitrogen and oxygen atoms in total. The number of aliphatic hydroxyl groups excluding tert-OH is 1. The Morgan fingerprint density at radius 2 is 2.24 bits per heavy atom. The van der Waals surface area contributed by atoms with Gasteiger partial charge < -0.3 is 9.84 Å². The summed E-state index contributed by atoms with van der Waals surface area (Å²) in [7, 11) is 0. The Bertz CT molecular complexity index is 497. The molecular weight excluding hydrogens is 268 g/mol. The number of likely N-dealkylation sites (tertiary alicyclic amines) is 1. The van der Waals surface area contributed by atoms with Gasteiger partial charge >= 0.3 is 6.09 Å². The number of benzene rings is 1. The summed E-state index contributed by atoms with van der Waals surface area (Å²) in [6.07, 6.45) is 0.167. The molecule has 0 aromatic heterocycles. The van der Waals surface area contributed by atoms with Crippen molar-refractivity contribution in [2.75, 3.05) is 18.4 Å². The maximum atomic E-state index is 11.8. The maximum absolute atomic E-state index is 11.8. The van der Waals surface area contributed by atoms with E-state index in [1.807, 2.05) is 45.0 Å². The van der Waals surface area contributed by atoms with E-state index in [2.05, 4.69) is 10.2 Å². The number of anilines is 1. The minimum Gasteiger partial charge on any atom is -0.444 e. The number of amides is 1. The fourth-order valence-electron chi connectivity index (χ4n) is 2.38. The van der Waals surface area contributed by atoms with Crippen molar-refractivity contribution >= 4 is 11.8 Å². The second kappa shape index (κ2) is 6.45. The van der Waals surface area contributed by atoms with Gasteiger partial charge in [-0.3, -0.25) is 10.2 Å². The van der Waals surface area contributed by atoms with Crippen molar-refractivity contribution in [2.24, 2.45) is 0 Å². The van der Waals surface area contributed by atoms with Crippen LogP contribution in [0.4, 0.5) is 10.5 Å². The van der Waals surface area contributed by atoms with Crippen LogP contribution in [0.3, 0.4) is 0 Å². The largest absolute Gasteiger partial charge is 0.444 e. The Labute approximate surface area is 125 Å². The lowest BCUT2D eigenvalue weighted by atomic mass is 10.2. The quantitative estimate of drug-likeness (QED) is 0.899. The van der Waals surface area contributed by atoms with Crippen molar-refractivity contribution in [3.05, 3.63) is 29.8 Å². The van der Waals surface area contributed by atoms with Crippen LogP contribution in [0, 0.1) is 0 Å². The highest BCUT2D eigenvalue weighted by Gasteiger charge is 2.20. The van der Waals surface area contributed by atoms with Gasteiger partial charge in [-0.25, -0.2) is 4.79 Å². The van der Waals surface area contributed by atoms with Gasteiger partial charge in [-0.05, 0) is 44.9 Å². The highest BCUT2D eigenvalue weighted by molar-refractivity contribution is 5.84. The monoisotopic (exact) mass is 292 g/mol. The Morgan fingerprint density at radius 1 is 1.48 bits per heavy atom. The molecule has 0 radical (unpaired) electrons. The Morgan fingerprint density at radius 3 is 2.86 bits per heavy atom. The molecule has 21 heavy (non-hydrogen) atoms. The highest BCUT2D eigenvalue weighted by atomic mass is 16.6. The number of aliphatic hydroxyl groups is 1. The first-order valence-corrected chi connectivity index (χ1v) is 7.31. The molecule has 2 rings (SSSR count). The first kappa shape index (κ1) is 15.8. The van der Waals surface area contributed by atoms with Gasteiger partial charge in [0.1, 0.15) is 5.60 Å². The third-order valence-electron chi connectivity index (χ3n) is 3.23. The van der Waals surface area contributed by atoms with Crippen LogP contribution in [0.15, 0.2) is 24.3 Å². The van der Waals surface area contributed by atoms with Gasteiger partial charge in [0, 0.05) is 25.3 Å². The predicted molar refractivity (Wildman–Crippen MR) is 82.2 cm³/mol. The lowest BCUT2D eigenvalue weighted by Gasteiger charge is -2.20. The molecule has 2 N–H and O–H groups in total. The number of rotatable bonds is 3. The minimum absolute atomic E-state index is 0.215. The van der Waals surface area contributed by atoms with E-state index in [9.17, 15) is 9.90 Å². The lowest BCUT2D eigenvalue weighted by Crippen LogP contribution is -2.27. The molecular formula is C16H24N2O3. The van der Waals surface area contributed by atoms with Gasteiger partial charge in [0.05, 0.1) is 6.10 Å². The molecule has 0 bridgehead atoms. The Hall–Kier alpha value is -1.59. The van der Waals surface area contributed by atoms with Crippen molar-refractivity contribution in [2.45, 2.75) is 45.4 Å². The van der Waals surface area contributed by atoms with Crippen molar-refractivity contribution in [3.63, 3.8) is 0 Å². The maximum Gasteiger partial charge on any atom is 0.412 e. The summed E-state index contributed by atoms with van der Waals surface area (Å²) < 4.78 is 5.24. The Balaban J connectivity index is 1.93. The summed E-state index contributed by atoms with van der Waals surface area (Å²) in [4.78, 5) is 14.0. The van der Waals surface area contributed by atoms with E-state index in [0.29, 0.717) is 6.54 Å². The smallest absolute Gasteiger partial charge is 0.412 e. The Kier molecular flexibility index (Phi) is 4.85. The number of β-amino-alcohol motifs (C(OH)–C–C–N with tert-alkyl or cyclic N) is 1. The predicted octanol–water partition coefficient (Wildman–Crippen LogP) is 2.60. The van der Waals surface area contributed by atoms with Gasteiger partial charge in [0.25, 0.3) is 0 Å². The second-order valence-electron chi connectivity index (χ2n) is 6.50. The van der Waals surface area contributed by atoms with Crippen LogP contribution in [0.5, 0.6) is 0 Å². The van der Waals surface area contributed by atoms with Crippen LogP contribution in [-0.4, -0.2) is 40.9 Å². The van der Waals surface area contributed by atoms with E-state index in [1.54, 1.807) is 0 Å². The molecule has 0 aliphatic carbocycles. The summed E-state index contributed by atoms with van der Waals surface area (Å²) in [5.41, 5.74) is 1.33. The number of hydrogen-bond donors (Lipinski definition) is 2. The van der Waals surface area contributed by atoms with Gasteiger partial charge in [0.2, 0.25) is 0 Å². The van der Waals surface area contributed by atoms with Gasteiger partial charge in [-0.2, -0.15) is 0 Å². The topological polar surface area (TPSA) is 61.8 Å². The van der Waals surface area contributed by atoms with E-state index in [4.69, 9.17) is 4.74 Å². The molecule has 0 spiro atoms. The molecule has 1 heterocycles. The molecule has 5 heteroatoms. The van der Waals surface area contributed by atoms with E-state index in [-0.39, 0.29) is 6.10 Å². The van der Waals surface area contributed by atoms with E-state index in [0.717, 1.165) is 30.8 Å². The SMILES string of the molecule is CC(C)(C)OC(=O)Nc1cccc(CN2CC[C@@H](O)C2)c1. The van der Waals surface area contributed by atoms with Crippen molar-refractivity contribution in [1.29, 1.82) is 0 Å². The average molecular weight is 292 g/mol. The molecule has 0 saturated carbocycles. The molecule has 1 aliphatic rings. The number of hydrogen-bond acceptors (Lipinski definition) is 4.